The Hall–Kier alpha value is -1.05. The van der Waals surface area contributed by atoms with E-state index in [1.807, 2.05) is 4.90 Å². The van der Waals surface area contributed by atoms with E-state index in [-0.39, 0.29) is 5.91 Å². The maximum absolute atomic E-state index is 11.6. The highest BCUT2D eigenvalue weighted by Crippen LogP contribution is 2.29. The van der Waals surface area contributed by atoms with E-state index >= 15 is 0 Å². The van der Waals surface area contributed by atoms with Crippen molar-refractivity contribution < 1.29 is 4.79 Å². The Labute approximate surface area is 118 Å². The number of allylic oxidation sites excluding steroid dienone is 3. The standard InChI is InChI=1S/C17H29NO/c1-13(2)12-18(16(5)19)10-6-7-17-9-8-14(3)11-15(17)4/h6-7,11,13,15,17H,8-10,12H2,1-5H3/b7-6-. The molecule has 108 valence electrons. The van der Waals surface area contributed by atoms with Crippen LogP contribution < -0.4 is 0 Å². The summed E-state index contributed by atoms with van der Waals surface area (Å²) in [6.45, 7) is 12.1. The molecule has 1 aliphatic rings. The van der Waals surface area contributed by atoms with Crippen molar-refractivity contribution in [3.63, 3.8) is 0 Å². The molecule has 0 N–H and O–H groups in total. The van der Waals surface area contributed by atoms with E-state index in [4.69, 9.17) is 0 Å². The fourth-order valence-electron chi connectivity index (χ4n) is 2.72. The van der Waals surface area contributed by atoms with Crippen molar-refractivity contribution >= 4 is 5.91 Å². The molecule has 2 nitrogen and oxygen atoms in total. The van der Waals surface area contributed by atoms with Gasteiger partial charge in [0.15, 0.2) is 0 Å². The van der Waals surface area contributed by atoms with E-state index < -0.39 is 0 Å². The number of carbonyl (C=O) groups is 1. The minimum Gasteiger partial charge on any atom is -0.339 e. The van der Waals surface area contributed by atoms with Gasteiger partial charge in [-0.1, -0.05) is 44.6 Å². The maximum Gasteiger partial charge on any atom is 0.219 e. The Balaban J connectivity index is 2.50. The molecule has 0 spiro atoms. The molecule has 19 heavy (non-hydrogen) atoms. The summed E-state index contributed by atoms with van der Waals surface area (Å²) in [5.74, 6) is 1.96. The van der Waals surface area contributed by atoms with Crippen LogP contribution in [0, 0.1) is 17.8 Å². The summed E-state index contributed by atoms with van der Waals surface area (Å²) in [5, 5.41) is 0. The molecule has 0 aromatic carbocycles. The van der Waals surface area contributed by atoms with Gasteiger partial charge in [-0.3, -0.25) is 4.79 Å². The zero-order valence-corrected chi connectivity index (χ0v) is 13.1. The van der Waals surface area contributed by atoms with Gasteiger partial charge in [0.2, 0.25) is 5.91 Å². The minimum absolute atomic E-state index is 0.172. The van der Waals surface area contributed by atoms with Gasteiger partial charge in [-0.15, -0.1) is 0 Å². The topological polar surface area (TPSA) is 20.3 Å². The lowest BCUT2D eigenvalue weighted by atomic mass is 9.82. The smallest absolute Gasteiger partial charge is 0.219 e. The van der Waals surface area contributed by atoms with Crippen molar-refractivity contribution in [3.8, 4) is 0 Å². The third kappa shape index (κ3) is 5.63. The van der Waals surface area contributed by atoms with Crippen LogP contribution in [0.2, 0.25) is 0 Å². The molecule has 2 atom stereocenters. The highest BCUT2D eigenvalue weighted by molar-refractivity contribution is 5.73. The van der Waals surface area contributed by atoms with Gasteiger partial charge in [0.1, 0.15) is 0 Å². The molecule has 1 aliphatic carbocycles. The monoisotopic (exact) mass is 263 g/mol. The summed E-state index contributed by atoms with van der Waals surface area (Å²) in [6, 6.07) is 0. The van der Waals surface area contributed by atoms with Crippen molar-refractivity contribution in [2.75, 3.05) is 13.1 Å². The second-order valence-electron chi connectivity index (χ2n) is 6.32. The second-order valence-corrected chi connectivity index (χ2v) is 6.32. The van der Waals surface area contributed by atoms with Crippen LogP contribution in [0.4, 0.5) is 0 Å². The summed E-state index contributed by atoms with van der Waals surface area (Å²) < 4.78 is 0. The van der Waals surface area contributed by atoms with Crippen LogP contribution in [0.5, 0.6) is 0 Å². The second kappa shape index (κ2) is 7.52. The van der Waals surface area contributed by atoms with Gasteiger partial charge >= 0.3 is 0 Å². The highest BCUT2D eigenvalue weighted by Gasteiger charge is 2.17. The average molecular weight is 263 g/mol. The summed E-state index contributed by atoms with van der Waals surface area (Å²) in [4.78, 5) is 13.5. The normalized spacial score (nSPS) is 23.8. The summed E-state index contributed by atoms with van der Waals surface area (Å²) >= 11 is 0. The van der Waals surface area contributed by atoms with E-state index in [1.165, 1.54) is 18.4 Å². The Morgan fingerprint density at radius 3 is 2.74 bits per heavy atom. The van der Waals surface area contributed by atoms with Gasteiger partial charge in [0.25, 0.3) is 0 Å². The molecule has 0 bridgehead atoms. The number of nitrogens with zero attached hydrogens (tertiary/aromatic N) is 1. The number of amides is 1. The van der Waals surface area contributed by atoms with Crippen molar-refractivity contribution in [3.05, 3.63) is 23.8 Å². The number of hydrogen-bond acceptors (Lipinski definition) is 1. The van der Waals surface area contributed by atoms with Gasteiger partial charge < -0.3 is 4.90 Å². The van der Waals surface area contributed by atoms with E-state index in [9.17, 15) is 4.79 Å². The molecule has 0 saturated carbocycles. The lowest BCUT2D eigenvalue weighted by molar-refractivity contribution is -0.128. The molecule has 0 fully saturated rings. The molecule has 1 amide bonds. The molecule has 0 heterocycles. The van der Waals surface area contributed by atoms with E-state index in [0.29, 0.717) is 17.8 Å². The molecular weight excluding hydrogens is 234 g/mol. The predicted molar refractivity (Wildman–Crippen MR) is 81.9 cm³/mol. The zero-order valence-electron chi connectivity index (χ0n) is 13.1. The first-order chi connectivity index (χ1) is 8.90. The molecule has 0 aliphatic heterocycles. The van der Waals surface area contributed by atoms with Crippen molar-refractivity contribution in [1.29, 1.82) is 0 Å². The first kappa shape index (κ1) is 16.0. The molecule has 2 heteroatoms. The van der Waals surface area contributed by atoms with Crippen molar-refractivity contribution in [1.82, 2.24) is 4.90 Å². The van der Waals surface area contributed by atoms with E-state index in [0.717, 1.165) is 13.1 Å². The molecule has 1 rings (SSSR count). The molecule has 0 radical (unpaired) electrons. The SMILES string of the molecule is CC(=O)N(C/C=C\C1CCC(C)=CC1C)CC(C)C. The van der Waals surface area contributed by atoms with Gasteiger partial charge in [0, 0.05) is 20.0 Å². The van der Waals surface area contributed by atoms with Crippen molar-refractivity contribution in [2.45, 2.75) is 47.5 Å². The third-order valence-corrected chi connectivity index (χ3v) is 3.83. The summed E-state index contributed by atoms with van der Waals surface area (Å²) in [7, 11) is 0. The van der Waals surface area contributed by atoms with Crippen LogP contribution in [0.3, 0.4) is 0 Å². The maximum atomic E-state index is 11.6. The lowest BCUT2D eigenvalue weighted by Gasteiger charge is -2.25. The lowest BCUT2D eigenvalue weighted by Crippen LogP contribution is -2.32. The summed E-state index contributed by atoms with van der Waals surface area (Å²) in [5.41, 5.74) is 1.52. The number of rotatable bonds is 5. The molecule has 2 unspecified atom stereocenters. The Bertz CT molecular complexity index is 354. The van der Waals surface area contributed by atoms with Crippen LogP contribution in [-0.4, -0.2) is 23.9 Å². The van der Waals surface area contributed by atoms with E-state index in [1.54, 1.807) is 6.92 Å². The fourth-order valence-corrected chi connectivity index (χ4v) is 2.72. The molecule has 0 aromatic heterocycles. The van der Waals surface area contributed by atoms with Crippen LogP contribution in [0.1, 0.15) is 47.5 Å². The predicted octanol–water partition coefficient (Wildman–Crippen LogP) is 4.04. The fraction of sp³-hybridized carbons (Fsp3) is 0.706. The van der Waals surface area contributed by atoms with Gasteiger partial charge in [0.05, 0.1) is 0 Å². The van der Waals surface area contributed by atoms with Crippen LogP contribution in [0.25, 0.3) is 0 Å². The van der Waals surface area contributed by atoms with Gasteiger partial charge in [-0.05, 0) is 37.5 Å². The Morgan fingerprint density at radius 2 is 2.21 bits per heavy atom. The molecule has 0 saturated heterocycles. The van der Waals surface area contributed by atoms with Crippen LogP contribution in [0.15, 0.2) is 23.8 Å². The largest absolute Gasteiger partial charge is 0.339 e. The average Bonchev–Trinajstić information content (AvgIpc) is 2.29. The first-order valence-corrected chi connectivity index (χ1v) is 7.49. The van der Waals surface area contributed by atoms with Crippen LogP contribution in [-0.2, 0) is 4.79 Å². The third-order valence-electron chi connectivity index (χ3n) is 3.83. The molecule has 0 aromatic rings. The summed E-state index contributed by atoms with van der Waals surface area (Å²) in [6.07, 6.45) is 9.32. The first-order valence-electron chi connectivity index (χ1n) is 7.49. The molecular formula is C17H29NO. The Morgan fingerprint density at radius 1 is 1.53 bits per heavy atom. The van der Waals surface area contributed by atoms with Gasteiger partial charge in [-0.25, -0.2) is 0 Å². The number of hydrogen-bond donors (Lipinski definition) is 0. The number of carbonyl (C=O) groups excluding carboxylic acids is 1. The quantitative estimate of drug-likeness (QED) is 0.686. The minimum atomic E-state index is 0.172. The Kier molecular flexibility index (Phi) is 6.33. The van der Waals surface area contributed by atoms with Crippen LogP contribution >= 0.6 is 0 Å². The van der Waals surface area contributed by atoms with Crippen molar-refractivity contribution in [2.24, 2.45) is 17.8 Å². The van der Waals surface area contributed by atoms with Gasteiger partial charge in [-0.2, -0.15) is 0 Å². The highest BCUT2D eigenvalue weighted by atomic mass is 16.2. The van der Waals surface area contributed by atoms with E-state index in [2.05, 4.69) is 45.9 Å². The zero-order chi connectivity index (χ0) is 14.4.